The van der Waals surface area contributed by atoms with Crippen LogP contribution in [0.1, 0.15) is 78.4 Å². The van der Waals surface area contributed by atoms with Crippen molar-refractivity contribution in [1.82, 2.24) is 5.32 Å². The number of benzene rings is 2. The molecule has 5 heteroatoms. The lowest BCUT2D eigenvalue weighted by molar-refractivity contribution is -0.433. The number of hydrogen-bond donors (Lipinski definition) is 2. The van der Waals surface area contributed by atoms with Crippen LogP contribution >= 0.6 is 0 Å². The summed E-state index contributed by atoms with van der Waals surface area (Å²) >= 11 is 0. The highest BCUT2D eigenvalue weighted by Gasteiger charge is 2.43. The third-order valence-corrected chi connectivity index (χ3v) is 9.29. The minimum Gasteiger partial charge on any atom is -0.481 e. The fourth-order valence-corrected chi connectivity index (χ4v) is 7.10. The summed E-state index contributed by atoms with van der Waals surface area (Å²) in [6.07, 6.45) is 12.2. The van der Waals surface area contributed by atoms with Crippen molar-refractivity contribution < 1.29 is 14.5 Å². The highest BCUT2D eigenvalue weighted by atomic mass is 16.4. The van der Waals surface area contributed by atoms with E-state index in [1.807, 2.05) is 0 Å². The quantitative estimate of drug-likeness (QED) is 0.306. The fraction of sp³-hybridized carbons (Fsp3) is 0.405. The SMILES string of the molecule is CCN1C(=CC=C2CCCC(C=CC3=[N+](CC)c4ccccc4C3(C)C)=C2NCCC(=O)O)C(C)(C)c2ccccc21. The zero-order valence-corrected chi connectivity index (χ0v) is 26.1. The molecule has 2 aromatic rings. The van der Waals surface area contributed by atoms with Crippen LogP contribution in [0.15, 0.2) is 95.4 Å². The molecule has 0 atom stereocenters. The maximum absolute atomic E-state index is 11.4. The minimum absolute atomic E-state index is 0.0874. The van der Waals surface area contributed by atoms with E-state index in [0.29, 0.717) is 6.54 Å². The molecule has 2 heterocycles. The van der Waals surface area contributed by atoms with Crippen LogP contribution in [0.2, 0.25) is 0 Å². The molecule has 0 bridgehead atoms. The summed E-state index contributed by atoms with van der Waals surface area (Å²) in [6, 6.07) is 17.4. The summed E-state index contributed by atoms with van der Waals surface area (Å²) in [4.78, 5) is 13.8. The lowest BCUT2D eigenvalue weighted by Gasteiger charge is -2.27. The standard InChI is InChI=1S/C37H45N3O2/c1-7-39-30-18-11-9-16-28(30)36(3,4)32(39)22-20-26-14-13-15-27(35(26)38-25-24-34(41)42)21-23-33-37(5,6)29-17-10-12-19-31(29)40(33)8-2/h9-12,16-23H,7-8,13-15,24-25H2,1-6H3,(H,41,42)/p+1. The van der Waals surface area contributed by atoms with Gasteiger partial charge in [0.05, 0.1) is 11.8 Å². The molecular formula is C37H46N3O2+. The lowest BCUT2D eigenvalue weighted by Crippen LogP contribution is -2.28. The molecule has 5 rings (SSSR count). The van der Waals surface area contributed by atoms with Crippen LogP contribution in [0.25, 0.3) is 0 Å². The van der Waals surface area contributed by atoms with Gasteiger partial charge in [0.2, 0.25) is 5.69 Å². The molecular weight excluding hydrogens is 518 g/mol. The van der Waals surface area contributed by atoms with Gasteiger partial charge in [0.25, 0.3) is 0 Å². The van der Waals surface area contributed by atoms with Crippen LogP contribution in [0.4, 0.5) is 11.4 Å². The van der Waals surface area contributed by atoms with Gasteiger partial charge in [0, 0.05) is 53.3 Å². The van der Waals surface area contributed by atoms with E-state index in [2.05, 4.69) is 129 Å². The number of rotatable bonds is 9. The number of carboxylic acids is 1. The van der Waals surface area contributed by atoms with Gasteiger partial charge in [-0.1, -0.05) is 62.4 Å². The van der Waals surface area contributed by atoms with Gasteiger partial charge in [-0.3, -0.25) is 4.79 Å². The van der Waals surface area contributed by atoms with Crippen molar-refractivity contribution in [3.8, 4) is 0 Å². The molecule has 1 aliphatic carbocycles. The number of para-hydroxylation sites is 2. The number of nitrogens with zero attached hydrogens (tertiary/aromatic N) is 2. The molecule has 42 heavy (non-hydrogen) atoms. The van der Waals surface area contributed by atoms with Crippen molar-refractivity contribution in [3.05, 3.63) is 107 Å². The third kappa shape index (κ3) is 5.26. The van der Waals surface area contributed by atoms with Crippen molar-refractivity contribution in [2.75, 3.05) is 24.5 Å². The largest absolute Gasteiger partial charge is 0.481 e. The Morgan fingerprint density at radius 3 is 2.38 bits per heavy atom. The zero-order valence-electron chi connectivity index (χ0n) is 26.1. The molecule has 0 saturated carbocycles. The van der Waals surface area contributed by atoms with Gasteiger partial charge in [-0.25, -0.2) is 0 Å². The first-order valence-corrected chi connectivity index (χ1v) is 15.5. The zero-order chi connectivity index (χ0) is 30.1. The van der Waals surface area contributed by atoms with E-state index in [1.165, 1.54) is 45.1 Å². The molecule has 5 nitrogen and oxygen atoms in total. The molecule has 0 fully saturated rings. The van der Waals surface area contributed by atoms with E-state index >= 15 is 0 Å². The molecule has 0 unspecified atom stereocenters. The van der Waals surface area contributed by atoms with E-state index in [1.54, 1.807) is 0 Å². The van der Waals surface area contributed by atoms with Gasteiger partial charge < -0.3 is 15.3 Å². The Labute approximate surface area is 251 Å². The van der Waals surface area contributed by atoms with Crippen molar-refractivity contribution in [2.45, 2.75) is 78.1 Å². The van der Waals surface area contributed by atoms with Gasteiger partial charge in [-0.05, 0) is 75.8 Å². The van der Waals surface area contributed by atoms with E-state index < -0.39 is 5.97 Å². The van der Waals surface area contributed by atoms with Crippen LogP contribution in [0.3, 0.4) is 0 Å². The van der Waals surface area contributed by atoms with Gasteiger partial charge in [-0.15, -0.1) is 0 Å². The number of carbonyl (C=O) groups is 1. The Kier molecular flexibility index (Phi) is 8.32. The van der Waals surface area contributed by atoms with E-state index in [9.17, 15) is 9.90 Å². The first kappa shape index (κ1) is 29.6. The molecule has 0 aromatic heterocycles. The summed E-state index contributed by atoms with van der Waals surface area (Å²) in [5.41, 5.74) is 11.3. The van der Waals surface area contributed by atoms with Gasteiger partial charge in [0.1, 0.15) is 6.54 Å². The first-order valence-electron chi connectivity index (χ1n) is 15.5. The second-order valence-electron chi connectivity index (χ2n) is 12.6. The van der Waals surface area contributed by atoms with Crippen molar-refractivity contribution >= 4 is 23.1 Å². The summed E-state index contributed by atoms with van der Waals surface area (Å²) in [7, 11) is 0. The van der Waals surface area contributed by atoms with Crippen LogP contribution < -0.4 is 10.2 Å². The normalized spacial score (nSPS) is 21.0. The average molecular weight is 565 g/mol. The van der Waals surface area contributed by atoms with Crippen molar-refractivity contribution in [2.24, 2.45) is 0 Å². The Balaban J connectivity index is 1.55. The molecule has 2 aliphatic heterocycles. The predicted octanol–water partition coefficient (Wildman–Crippen LogP) is 7.77. The molecule has 2 aromatic carbocycles. The summed E-state index contributed by atoms with van der Waals surface area (Å²) < 4.78 is 2.42. The van der Waals surface area contributed by atoms with Crippen LogP contribution in [-0.4, -0.2) is 41.0 Å². The highest BCUT2D eigenvalue weighted by Crippen LogP contribution is 2.47. The van der Waals surface area contributed by atoms with Crippen LogP contribution in [0.5, 0.6) is 0 Å². The molecule has 220 valence electrons. The second kappa shape index (κ2) is 11.8. The number of anilines is 1. The van der Waals surface area contributed by atoms with Gasteiger partial charge >= 0.3 is 5.97 Å². The lowest BCUT2D eigenvalue weighted by atomic mass is 9.81. The molecule has 2 N–H and O–H groups in total. The number of aliphatic carboxylic acids is 1. The number of likely N-dealkylation sites (N-methyl/N-ethyl adjacent to an activating group) is 1. The Morgan fingerprint density at radius 1 is 0.952 bits per heavy atom. The smallest absolute Gasteiger partial charge is 0.305 e. The second-order valence-corrected chi connectivity index (χ2v) is 12.6. The van der Waals surface area contributed by atoms with E-state index in [4.69, 9.17) is 0 Å². The summed E-state index contributed by atoms with van der Waals surface area (Å²) in [5.74, 6) is -0.785. The topological polar surface area (TPSA) is 55.6 Å². The van der Waals surface area contributed by atoms with Crippen molar-refractivity contribution in [3.63, 3.8) is 0 Å². The molecule has 0 radical (unpaired) electrons. The van der Waals surface area contributed by atoms with E-state index in [0.717, 1.165) is 38.0 Å². The number of nitrogens with one attached hydrogen (secondary N) is 1. The Morgan fingerprint density at radius 2 is 1.67 bits per heavy atom. The predicted molar refractivity (Wildman–Crippen MR) is 174 cm³/mol. The third-order valence-electron chi connectivity index (χ3n) is 9.29. The highest BCUT2D eigenvalue weighted by molar-refractivity contribution is 6.03. The van der Waals surface area contributed by atoms with Crippen molar-refractivity contribution in [1.29, 1.82) is 0 Å². The monoisotopic (exact) mass is 564 g/mol. The summed E-state index contributed by atoms with van der Waals surface area (Å²) in [5, 5.41) is 12.9. The fourth-order valence-electron chi connectivity index (χ4n) is 7.10. The number of fused-ring (bicyclic) bond motifs is 2. The minimum atomic E-state index is -0.785. The van der Waals surface area contributed by atoms with Gasteiger partial charge in [0.15, 0.2) is 5.71 Å². The summed E-state index contributed by atoms with van der Waals surface area (Å²) in [6.45, 7) is 15.9. The number of allylic oxidation sites excluding steroid dienone is 7. The van der Waals surface area contributed by atoms with Crippen LogP contribution in [0, 0.1) is 0 Å². The molecule has 0 saturated heterocycles. The molecule has 3 aliphatic rings. The molecule has 0 amide bonds. The number of hydrogen-bond acceptors (Lipinski definition) is 3. The van der Waals surface area contributed by atoms with Crippen LogP contribution in [-0.2, 0) is 15.6 Å². The maximum Gasteiger partial charge on any atom is 0.305 e. The Hall–Kier alpha value is -3.86. The Bertz CT molecular complexity index is 1530. The maximum atomic E-state index is 11.4. The molecule has 0 spiro atoms. The first-order chi connectivity index (χ1) is 20.1. The van der Waals surface area contributed by atoms with E-state index in [-0.39, 0.29) is 17.3 Å². The average Bonchev–Trinajstić information content (AvgIpc) is 3.33. The number of carboxylic acid groups (broad SMARTS) is 1. The van der Waals surface area contributed by atoms with Gasteiger partial charge in [-0.2, -0.15) is 4.58 Å².